The molecule has 46 heavy (non-hydrogen) atoms. The van der Waals surface area contributed by atoms with Crippen LogP contribution in [-0.4, -0.2) is 17.4 Å². The summed E-state index contributed by atoms with van der Waals surface area (Å²) in [7, 11) is 7.08. The van der Waals surface area contributed by atoms with E-state index < -0.39 is 17.4 Å². The van der Waals surface area contributed by atoms with Crippen LogP contribution in [0.3, 0.4) is 0 Å². The summed E-state index contributed by atoms with van der Waals surface area (Å²) in [6.07, 6.45) is 7.09. The van der Waals surface area contributed by atoms with Gasteiger partial charge < -0.3 is 0 Å². The molecular weight excluding hydrogens is 810 g/mol. The van der Waals surface area contributed by atoms with E-state index in [0.717, 1.165) is 0 Å². The first-order chi connectivity index (χ1) is 22.1. The van der Waals surface area contributed by atoms with E-state index >= 15 is 0 Å². The summed E-state index contributed by atoms with van der Waals surface area (Å²) in [5.74, 6) is 3.41. The summed E-state index contributed by atoms with van der Waals surface area (Å²) in [6.45, 7) is 28.8. The van der Waals surface area contributed by atoms with Crippen LogP contribution in [0.25, 0.3) is 0 Å². The maximum absolute atomic E-state index is 2.55. The molecule has 0 N–H and O–H groups in total. The van der Waals surface area contributed by atoms with Crippen molar-refractivity contribution in [1.29, 1.82) is 0 Å². The van der Waals surface area contributed by atoms with E-state index in [1.807, 2.05) is 0 Å². The number of hydrogen-bond donors (Lipinski definition) is 0. The van der Waals surface area contributed by atoms with Crippen molar-refractivity contribution in [1.82, 2.24) is 0 Å². The van der Waals surface area contributed by atoms with Gasteiger partial charge >= 0.3 is 303 Å². The average molecular weight is 873 g/mol. The van der Waals surface area contributed by atoms with Gasteiger partial charge in [-0.15, -0.1) is 0 Å². The van der Waals surface area contributed by atoms with E-state index in [1.54, 1.807) is 48.1 Å². The predicted molar refractivity (Wildman–Crippen MR) is 215 cm³/mol. The van der Waals surface area contributed by atoms with E-state index in [1.165, 1.54) is 38.5 Å². The van der Waals surface area contributed by atoms with Crippen molar-refractivity contribution in [2.24, 2.45) is 0 Å². The Morgan fingerprint density at radius 2 is 0.543 bits per heavy atom. The van der Waals surface area contributed by atoms with E-state index in [2.05, 4.69) is 163 Å². The Balaban J connectivity index is 2.33. The Morgan fingerprint density at radius 3 is 0.696 bits per heavy atom. The molecule has 0 aromatic heterocycles. The van der Waals surface area contributed by atoms with Gasteiger partial charge in [-0.25, -0.2) is 0 Å². The fourth-order valence-electron chi connectivity index (χ4n) is 5.96. The van der Waals surface area contributed by atoms with Gasteiger partial charge in [0.1, 0.15) is 0 Å². The Bertz CT molecular complexity index is 1120. The van der Waals surface area contributed by atoms with Crippen LogP contribution >= 0.6 is 25.6 Å². The van der Waals surface area contributed by atoms with Crippen LogP contribution in [0, 0.1) is 0 Å². The molecule has 6 unspecified atom stereocenters. The van der Waals surface area contributed by atoms with Crippen molar-refractivity contribution in [3.63, 3.8) is 0 Å². The van der Waals surface area contributed by atoms with Crippen LogP contribution < -0.4 is 0 Å². The number of benzene rings is 3. The second-order valence-electron chi connectivity index (χ2n) is 13.7. The van der Waals surface area contributed by atoms with Gasteiger partial charge in [-0.2, -0.15) is 0 Å². The van der Waals surface area contributed by atoms with Gasteiger partial charge in [-0.3, -0.25) is 0 Å². The van der Waals surface area contributed by atoms with Crippen molar-refractivity contribution < 1.29 is 0 Å². The topological polar surface area (TPSA) is 0 Å². The van der Waals surface area contributed by atoms with Crippen molar-refractivity contribution in [3.05, 3.63) is 88.0 Å². The van der Waals surface area contributed by atoms with Gasteiger partial charge in [0.05, 0.1) is 0 Å². The fraction of sp³-hybridized carbons (Fsp3) is 0.571. The zero-order valence-corrected chi connectivity index (χ0v) is 37.0. The quantitative estimate of drug-likeness (QED) is 0.117. The van der Waals surface area contributed by atoms with Gasteiger partial charge in [0.2, 0.25) is 0 Å². The molecule has 0 spiro atoms. The van der Waals surface area contributed by atoms with Crippen molar-refractivity contribution >= 4 is 42.9 Å². The van der Waals surface area contributed by atoms with Gasteiger partial charge in [0, 0.05) is 0 Å². The molecule has 0 fully saturated rings. The third-order valence-corrected chi connectivity index (χ3v) is 36.4. The molecule has 0 aliphatic carbocycles. The molecule has 0 radical (unpaired) electrons. The predicted octanol–water partition coefficient (Wildman–Crippen LogP) is 15.4. The second kappa shape index (κ2) is 19.7. The first kappa shape index (κ1) is 40.0. The van der Waals surface area contributed by atoms with E-state index in [0.29, 0.717) is 35.5 Å². The SMILES string of the molecule is CCC(C)c1cccc(C(C)CC)c1[S][Bi]([S]c1c(C(C)CC)cccc1C(C)CC)[S]c1c(C(C)CC)cccc1C(C)CC. The molecule has 0 amide bonds. The molecule has 0 bridgehead atoms. The summed E-state index contributed by atoms with van der Waals surface area (Å²) in [6, 6.07) is 21.7. The fourth-order valence-corrected chi connectivity index (χ4v) is 37.4. The minimum atomic E-state index is -2.55. The zero-order valence-electron chi connectivity index (χ0n) is 31.1. The van der Waals surface area contributed by atoms with E-state index in [4.69, 9.17) is 0 Å². The van der Waals surface area contributed by atoms with Gasteiger partial charge in [0.15, 0.2) is 0 Å². The summed E-state index contributed by atoms with van der Waals surface area (Å²) in [5.41, 5.74) is 9.51. The molecule has 0 saturated carbocycles. The summed E-state index contributed by atoms with van der Waals surface area (Å²) in [5, 5.41) is 0. The third kappa shape index (κ3) is 9.85. The molecule has 6 atom stereocenters. The van der Waals surface area contributed by atoms with Crippen LogP contribution in [0.1, 0.15) is 190 Å². The van der Waals surface area contributed by atoms with Crippen LogP contribution in [0.5, 0.6) is 0 Å². The van der Waals surface area contributed by atoms with Gasteiger partial charge in [0.25, 0.3) is 0 Å². The van der Waals surface area contributed by atoms with E-state index in [9.17, 15) is 0 Å². The first-order valence-electron chi connectivity index (χ1n) is 18.3. The molecular formula is C42H63BiS3. The Kier molecular flexibility index (Phi) is 17.1. The van der Waals surface area contributed by atoms with Crippen LogP contribution in [0.2, 0.25) is 0 Å². The standard InChI is InChI=1S/3C14H22S.Bi/c3*1-5-10(3)12-8-7-9-13(14(12)15)11(4)6-2;/h3*7-11,15H,5-6H2,1-4H3;/q;;;+3/p-3. The first-order valence-corrected chi connectivity index (χ1v) is 33.4. The third-order valence-electron chi connectivity index (χ3n) is 10.6. The van der Waals surface area contributed by atoms with Crippen LogP contribution in [-0.2, 0) is 0 Å². The number of rotatable bonds is 18. The molecule has 0 heterocycles. The number of hydrogen-bond acceptors (Lipinski definition) is 3. The van der Waals surface area contributed by atoms with Crippen LogP contribution in [0.4, 0.5) is 0 Å². The minimum absolute atomic E-state index is 0.568. The molecule has 3 rings (SSSR count). The summed E-state index contributed by atoms with van der Waals surface area (Å²) in [4.78, 5) is 4.88. The van der Waals surface area contributed by atoms with E-state index in [-0.39, 0.29) is 0 Å². The molecule has 0 saturated heterocycles. The molecule has 0 aliphatic heterocycles. The normalized spacial score (nSPS) is 15.8. The Labute approximate surface area is 300 Å². The summed E-state index contributed by atoms with van der Waals surface area (Å²) < 4.78 is 0. The molecule has 3 aromatic carbocycles. The molecule has 3 aromatic rings. The second-order valence-corrected chi connectivity index (χ2v) is 39.2. The maximum atomic E-state index is 2.45. The molecule has 0 aliphatic rings. The Hall–Kier alpha value is -0.407. The molecule has 4 heteroatoms. The molecule has 254 valence electrons. The zero-order chi connectivity index (χ0) is 34.0. The van der Waals surface area contributed by atoms with Crippen molar-refractivity contribution in [2.45, 2.75) is 172 Å². The van der Waals surface area contributed by atoms with Crippen molar-refractivity contribution in [2.75, 3.05) is 0 Å². The van der Waals surface area contributed by atoms with Crippen molar-refractivity contribution in [3.8, 4) is 0 Å². The molecule has 0 nitrogen and oxygen atoms in total. The average Bonchev–Trinajstić information content (AvgIpc) is 3.09. The Morgan fingerprint density at radius 1 is 0.370 bits per heavy atom. The monoisotopic (exact) mass is 872 g/mol. The van der Waals surface area contributed by atoms with Gasteiger partial charge in [-0.05, 0) is 0 Å². The van der Waals surface area contributed by atoms with Crippen LogP contribution in [0.15, 0.2) is 69.3 Å². The summed E-state index contributed by atoms with van der Waals surface area (Å²) >= 11 is -2.55. The van der Waals surface area contributed by atoms with Gasteiger partial charge in [-0.1, -0.05) is 0 Å².